The number of aliphatic imine (C=N–C) groups is 1. The molecule has 0 unspecified atom stereocenters. The lowest BCUT2D eigenvalue weighted by molar-refractivity contribution is 0.641. The molecule has 0 aromatic carbocycles. The van der Waals surface area contributed by atoms with Gasteiger partial charge in [0.2, 0.25) is 5.95 Å². The van der Waals surface area contributed by atoms with Gasteiger partial charge in [0.1, 0.15) is 0 Å². The van der Waals surface area contributed by atoms with Crippen molar-refractivity contribution in [2.24, 2.45) is 19.1 Å². The number of aromatic nitrogens is 4. The van der Waals surface area contributed by atoms with E-state index in [9.17, 15) is 4.79 Å². The van der Waals surface area contributed by atoms with Crippen LogP contribution in [0.4, 0.5) is 5.95 Å². The summed E-state index contributed by atoms with van der Waals surface area (Å²) in [5.74, 6) is 0.343. The van der Waals surface area contributed by atoms with Gasteiger partial charge in [0.15, 0.2) is 11.2 Å². The summed E-state index contributed by atoms with van der Waals surface area (Å²) in [5.41, 5.74) is 0.749. The Hall–Kier alpha value is -2.18. The van der Waals surface area contributed by atoms with Crippen LogP contribution >= 0.6 is 0 Å². The molecule has 2 aromatic heterocycles. The second kappa shape index (κ2) is 4.00. The Labute approximate surface area is 98.0 Å². The molecule has 2 rings (SSSR count). The van der Waals surface area contributed by atoms with Crippen LogP contribution in [0.25, 0.3) is 11.2 Å². The van der Waals surface area contributed by atoms with Gasteiger partial charge < -0.3 is 9.47 Å². The largest absolute Gasteiger partial charge is 0.369 e. The molecule has 0 saturated heterocycles. The summed E-state index contributed by atoms with van der Waals surface area (Å²) in [6.07, 6.45) is 3.16. The maximum Gasteiger partial charge on any atom is 0.280 e. The molecule has 0 saturated carbocycles. The zero-order chi connectivity index (χ0) is 12.6. The third kappa shape index (κ3) is 1.91. The first kappa shape index (κ1) is 11.3. The highest BCUT2D eigenvalue weighted by atomic mass is 16.1. The third-order valence-electron chi connectivity index (χ3n) is 2.33. The van der Waals surface area contributed by atoms with Gasteiger partial charge >= 0.3 is 0 Å². The molecule has 0 fully saturated rings. The molecule has 0 spiro atoms. The molecular formula is C10H14N6O. The summed E-state index contributed by atoms with van der Waals surface area (Å²) in [6.45, 7) is 0. The van der Waals surface area contributed by atoms with E-state index in [0.29, 0.717) is 17.1 Å². The van der Waals surface area contributed by atoms with Crippen LogP contribution in [0.3, 0.4) is 0 Å². The number of aryl methyl sites for hydroxylation is 1. The Balaban J connectivity index is 2.67. The van der Waals surface area contributed by atoms with Crippen LogP contribution in [-0.4, -0.2) is 44.4 Å². The van der Waals surface area contributed by atoms with E-state index >= 15 is 0 Å². The Morgan fingerprint density at radius 1 is 1.41 bits per heavy atom. The Bertz CT molecular complexity index is 636. The highest BCUT2D eigenvalue weighted by Crippen LogP contribution is 2.09. The summed E-state index contributed by atoms with van der Waals surface area (Å²) >= 11 is 0. The molecule has 0 aliphatic heterocycles. The van der Waals surface area contributed by atoms with E-state index in [-0.39, 0.29) is 5.56 Å². The lowest BCUT2D eigenvalue weighted by Crippen LogP contribution is -2.20. The first-order valence-electron chi connectivity index (χ1n) is 5.09. The standard InChI is InChI=1S/C10H14N6O/c1-14(2)5-12-10-13-8-7(9(17)16(10)4)15(3)6-11-8/h5-6H,1-4H3/b12-5+. The summed E-state index contributed by atoms with van der Waals surface area (Å²) in [7, 11) is 7.10. The van der Waals surface area contributed by atoms with E-state index in [1.54, 1.807) is 36.2 Å². The third-order valence-corrected chi connectivity index (χ3v) is 2.33. The van der Waals surface area contributed by atoms with Crippen molar-refractivity contribution in [3.05, 3.63) is 16.7 Å². The molecular weight excluding hydrogens is 220 g/mol. The molecule has 7 nitrogen and oxygen atoms in total. The summed E-state index contributed by atoms with van der Waals surface area (Å²) in [4.78, 5) is 26.2. The molecule has 0 aliphatic carbocycles. The fourth-order valence-electron chi connectivity index (χ4n) is 1.45. The number of rotatable bonds is 2. The van der Waals surface area contributed by atoms with Crippen LogP contribution in [0.15, 0.2) is 16.1 Å². The first-order valence-corrected chi connectivity index (χ1v) is 5.09. The van der Waals surface area contributed by atoms with Crippen molar-refractivity contribution >= 4 is 23.5 Å². The van der Waals surface area contributed by atoms with Gasteiger partial charge in [0.25, 0.3) is 5.56 Å². The molecule has 17 heavy (non-hydrogen) atoms. The van der Waals surface area contributed by atoms with Gasteiger partial charge in [-0.1, -0.05) is 0 Å². The van der Waals surface area contributed by atoms with Gasteiger partial charge in [-0.2, -0.15) is 4.98 Å². The molecule has 2 aromatic rings. The minimum atomic E-state index is -0.152. The summed E-state index contributed by atoms with van der Waals surface area (Å²) < 4.78 is 3.06. The van der Waals surface area contributed by atoms with Crippen molar-refractivity contribution in [3.8, 4) is 0 Å². The fourth-order valence-corrected chi connectivity index (χ4v) is 1.45. The van der Waals surface area contributed by atoms with E-state index in [1.807, 2.05) is 14.1 Å². The van der Waals surface area contributed by atoms with Crippen LogP contribution in [0.1, 0.15) is 0 Å². The minimum absolute atomic E-state index is 0.152. The van der Waals surface area contributed by atoms with Crippen LogP contribution in [-0.2, 0) is 14.1 Å². The lowest BCUT2D eigenvalue weighted by atomic mass is 10.5. The van der Waals surface area contributed by atoms with Crippen molar-refractivity contribution in [1.29, 1.82) is 0 Å². The highest BCUT2D eigenvalue weighted by molar-refractivity contribution is 5.71. The van der Waals surface area contributed by atoms with Crippen molar-refractivity contribution < 1.29 is 0 Å². The van der Waals surface area contributed by atoms with Crippen molar-refractivity contribution in [3.63, 3.8) is 0 Å². The van der Waals surface area contributed by atoms with E-state index in [1.165, 1.54) is 4.57 Å². The fraction of sp³-hybridized carbons (Fsp3) is 0.400. The van der Waals surface area contributed by atoms with E-state index < -0.39 is 0 Å². The molecule has 0 N–H and O–H groups in total. The SMILES string of the molecule is CN(C)/C=N/c1nc2ncn(C)c2c(=O)n1C. The van der Waals surface area contributed by atoms with Crippen molar-refractivity contribution in [2.75, 3.05) is 14.1 Å². The molecule has 2 heterocycles. The van der Waals surface area contributed by atoms with Gasteiger partial charge in [-0.3, -0.25) is 9.36 Å². The molecule has 7 heteroatoms. The lowest BCUT2D eigenvalue weighted by Gasteiger charge is -2.05. The molecule has 0 atom stereocenters. The Morgan fingerprint density at radius 3 is 2.76 bits per heavy atom. The van der Waals surface area contributed by atoms with Crippen LogP contribution < -0.4 is 5.56 Å². The zero-order valence-electron chi connectivity index (χ0n) is 10.2. The number of hydrogen-bond acceptors (Lipinski definition) is 4. The van der Waals surface area contributed by atoms with Crippen LogP contribution in [0.5, 0.6) is 0 Å². The average Bonchev–Trinajstić information content (AvgIpc) is 2.63. The predicted octanol–water partition coefficient (Wildman–Crippen LogP) is -0.112. The average molecular weight is 234 g/mol. The number of nitrogens with zero attached hydrogens (tertiary/aromatic N) is 6. The minimum Gasteiger partial charge on any atom is -0.369 e. The number of imidazole rings is 1. The Kier molecular flexibility index (Phi) is 2.66. The van der Waals surface area contributed by atoms with E-state index in [4.69, 9.17) is 0 Å². The quantitative estimate of drug-likeness (QED) is 0.537. The first-order chi connectivity index (χ1) is 8.00. The maximum atomic E-state index is 12.1. The number of fused-ring (bicyclic) bond motifs is 1. The monoisotopic (exact) mass is 234 g/mol. The van der Waals surface area contributed by atoms with Gasteiger partial charge in [0.05, 0.1) is 12.7 Å². The highest BCUT2D eigenvalue weighted by Gasteiger charge is 2.10. The summed E-state index contributed by atoms with van der Waals surface area (Å²) in [6, 6.07) is 0. The maximum absolute atomic E-state index is 12.1. The van der Waals surface area contributed by atoms with E-state index in [0.717, 1.165) is 0 Å². The van der Waals surface area contributed by atoms with Crippen molar-refractivity contribution in [2.45, 2.75) is 0 Å². The Morgan fingerprint density at radius 2 is 2.12 bits per heavy atom. The molecule has 0 bridgehead atoms. The van der Waals surface area contributed by atoms with E-state index in [2.05, 4.69) is 15.0 Å². The number of hydrogen-bond donors (Lipinski definition) is 0. The molecule has 0 aliphatic rings. The van der Waals surface area contributed by atoms with Gasteiger partial charge in [-0.25, -0.2) is 9.98 Å². The summed E-state index contributed by atoms with van der Waals surface area (Å²) in [5, 5.41) is 0. The van der Waals surface area contributed by atoms with Crippen molar-refractivity contribution in [1.82, 2.24) is 24.0 Å². The normalized spacial score (nSPS) is 11.5. The van der Waals surface area contributed by atoms with Crippen LogP contribution in [0.2, 0.25) is 0 Å². The second-order valence-corrected chi connectivity index (χ2v) is 4.01. The van der Waals surface area contributed by atoms with Crippen LogP contribution in [0, 0.1) is 0 Å². The second-order valence-electron chi connectivity index (χ2n) is 4.01. The van der Waals surface area contributed by atoms with Gasteiger partial charge in [0, 0.05) is 28.2 Å². The van der Waals surface area contributed by atoms with Gasteiger partial charge in [-0.15, -0.1) is 0 Å². The molecule has 0 amide bonds. The smallest absolute Gasteiger partial charge is 0.280 e. The topological polar surface area (TPSA) is 68.3 Å². The predicted molar refractivity (Wildman–Crippen MR) is 65.6 cm³/mol. The van der Waals surface area contributed by atoms with Gasteiger partial charge in [-0.05, 0) is 0 Å². The zero-order valence-corrected chi connectivity index (χ0v) is 10.2. The molecule has 0 radical (unpaired) electrons. The molecule has 90 valence electrons.